The summed E-state index contributed by atoms with van der Waals surface area (Å²) in [6.07, 6.45) is 3.87. The molecule has 2 aromatic rings. The Morgan fingerprint density at radius 3 is 2.69 bits per heavy atom. The first kappa shape index (κ1) is 11.1. The second-order valence-electron chi connectivity index (χ2n) is 4.14. The van der Waals surface area contributed by atoms with Crippen LogP contribution in [0.5, 0.6) is 0 Å². The van der Waals surface area contributed by atoms with Crippen LogP contribution in [-0.2, 0) is 0 Å². The molecule has 0 bridgehead atoms. The summed E-state index contributed by atoms with van der Waals surface area (Å²) in [5.41, 5.74) is 4.00. The quantitative estimate of drug-likeness (QED) is 0.782. The van der Waals surface area contributed by atoms with Crippen LogP contribution in [0.15, 0.2) is 30.6 Å². The summed E-state index contributed by atoms with van der Waals surface area (Å²) in [5, 5.41) is 0. The summed E-state index contributed by atoms with van der Waals surface area (Å²) in [5.74, 6) is 0. The molecule has 0 spiro atoms. The zero-order valence-corrected chi connectivity index (χ0v) is 10.6. The molecule has 1 atom stereocenters. The number of benzene rings is 1. The van der Waals surface area contributed by atoms with E-state index in [4.69, 9.17) is 12.2 Å². The van der Waals surface area contributed by atoms with Crippen molar-refractivity contribution in [3.8, 4) is 0 Å². The highest BCUT2D eigenvalue weighted by molar-refractivity contribution is 7.71. The average Bonchev–Trinajstić information content (AvgIpc) is 2.68. The van der Waals surface area contributed by atoms with E-state index in [1.54, 1.807) is 0 Å². The van der Waals surface area contributed by atoms with Crippen LogP contribution in [0.1, 0.15) is 29.7 Å². The topological polar surface area (TPSA) is 20.7 Å². The Labute approximate surface area is 101 Å². The van der Waals surface area contributed by atoms with Gasteiger partial charge in [0.15, 0.2) is 4.77 Å². The van der Waals surface area contributed by atoms with Crippen molar-refractivity contribution in [3.63, 3.8) is 0 Å². The van der Waals surface area contributed by atoms with E-state index in [-0.39, 0.29) is 6.04 Å². The van der Waals surface area contributed by atoms with E-state index in [2.05, 4.69) is 48.5 Å². The highest BCUT2D eigenvalue weighted by atomic mass is 32.1. The Balaban J connectivity index is 2.50. The minimum atomic E-state index is 0.277. The van der Waals surface area contributed by atoms with E-state index in [9.17, 15) is 0 Å². The molecule has 0 amide bonds. The normalized spacial score (nSPS) is 12.7. The summed E-state index contributed by atoms with van der Waals surface area (Å²) < 4.78 is 2.85. The number of hydrogen-bond acceptors (Lipinski definition) is 1. The summed E-state index contributed by atoms with van der Waals surface area (Å²) >= 11 is 5.25. The fourth-order valence-corrected chi connectivity index (χ4v) is 2.30. The Morgan fingerprint density at radius 1 is 1.31 bits per heavy atom. The monoisotopic (exact) mass is 232 g/mol. The van der Waals surface area contributed by atoms with Crippen LogP contribution in [0.2, 0.25) is 0 Å². The molecule has 2 nitrogen and oxygen atoms in total. The lowest BCUT2D eigenvalue weighted by molar-refractivity contribution is 0.626. The van der Waals surface area contributed by atoms with Crippen LogP contribution in [0, 0.1) is 18.6 Å². The predicted octanol–water partition coefficient (Wildman–Crippen LogP) is 3.77. The first-order valence-corrected chi connectivity index (χ1v) is 5.83. The molecule has 2 rings (SSSR count). The van der Waals surface area contributed by atoms with Gasteiger partial charge in [0.1, 0.15) is 0 Å². The van der Waals surface area contributed by atoms with Crippen LogP contribution in [0.25, 0.3) is 0 Å². The maximum absolute atomic E-state index is 5.25. The number of aromatic amines is 1. The molecule has 1 aromatic heterocycles. The van der Waals surface area contributed by atoms with Crippen molar-refractivity contribution < 1.29 is 0 Å². The number of aromatic nitrogens is 2. The van der Waals surface area contributed by atoms with Gasteiger partial charge in [-0.3, -0.25) is 0 Å². The zero-order valence-electron chi connectivity index (χ0n) is 9.82. The molecular formula is C13H16N2S. The van der Waals surface area contributed by atoms with E-state index in [0.29, 0.717) is 0 Å². The molecule has 1 heterocycles. The van der Waals surface area contributed by atoms with Gasteiger partial charge in [0.2, 0.25) is 0 Å². The summed E-state index contributed by atoms with van der Waals surface area (Å²) in [6.45, 7) is 6.48. The number of nitrogens with one attached hydrogen (secondary N) is 1. The fraction of sp³-hybridized carbons (Fsp3) is 0.308. The Kier molecular flexibility index (Phi) is 2.97. The lowest BCUT2D eigenvalue weighted by atomic mass is 9.98. The van der Waals surface area contributed by atoms with Gasteiger partial charge in [-0.05, 0) is 49.7 Å². The van der Waals surface area contributed by atoms with Gasteiger partial charge in [-0.2, -0.15) is 0 Å². The van der Waals surface area contributed by atoms with Crippen LogP contribution in [0.3, 0.4) is 0 Å². The number of nitrogens with zero attached hydrogens (tertiary/aromatic N) is 1. The van der Waals surface area contributed by atoms with Crippen LogP contribution in [-0.4, -0.2) is 9.55 Å². The molecule has 16 heavy (non-hydrogen) atoms. The lowest BCUT2D eigenvalue weighted by Crippen LogP contribution is -2.08. The SMILES string of the molecule is Cc1cccc(C(C)n2cc[nH]c2=S)c1C. The standard InChI is InChI=1S/C13H16N2S/c1-9-5-4-6-12(10(9)2)11(3)15-8-7-14-13(15)16/h4-8,11H,1-3H3,(H,14,16). The third-order valence-corrected chi connectivity index (χ3v) is 3.52. The summed E-state index contributed by atoms with van der Waals surface area (Å²) in [4.78, 5) is 3.03. The third kappa shape index (κ3) is 1.83. The highest BCUT2D eigenvalue weighted by Gasteiger charge is 2.11. The summed E-state index contributed by atoms with van der Waals surface area (Å²) in [6, 6.07) is 6.69. The highest BCUT2D eigenvalue weighted by Crippen LogP contribution is 2.23. The smallest absolute Gasteiger partial charge is 0.177 e. The van der Waals surface area contributed by atoms with Crippen LogP contribution >= 0.6 is 12.2 Å². The van der Waals surface area contributed by atoms with Gasteiger partial charge in [0.05, 0.1) is 6.04 Å². The predicted molar refractivity (Wildman–Crippen MR) is 69.3 cm³/mol. The van der Waals surface area contributed by atoms with Crippen molar-refractivity contribution in [1.82, 2.24) is 9.55 Å². The van der Waals surface area contributed by atoms with Crippen molar-refractivity contribution in [1.29, 1.82) is 0 Å². The fourth-order valence-electron chi connectivity index (χ4n) is 2.01. The largest absolute Gasteiger partial charge is 0.337 e. The maximum Gasteiger partial charge on any atom is 0.177 e. The molecule has 0 fully saturated rings. The molecule has 1 aromatic carbocycles. The number of H-pyrrole nitrogens is 1. The lowest BCUT2D eigenvalue weighted by Gasteiger charge is -2.17. The third-order valence-electron chi connectivity index (χ3n) is 3.19. The summed E-state index contributed by atoms with van der Waals surface area (Å²) in [7, 11) is 0. The number of imidazole rings is 1. The molecule has 84 valence electrons. The number of aryl methyl sites for hydroxylation is 1. The molecule has 0 saturated heterocycles. The van der Waals surface area contributed by atoms with Gasteiger partial charge >= 0.3 is 0 Å². The molecule has 0 aliphatic carbocycles. The molecular weight excluding hydrogens is 216 g/mol. The minimum Gasteiger partial charge on any atom is -0.337 e. The Morgan fingerprint density at radius 2 is 2.06 bits per heavy atom. The van der Waals surface area contributed by atoms with E-state index in [1.807, 2.05) is 12.4 Å². The van der Waals surface area contributed by atoms with Gasteiger partial charge in [0, 0.05) is 12.4 Å². The van der Waals surface area contributed by atoms with Crippen molar-refractivity contribution in [2.75, 3.05) is 0 Å². The second kappa shape index (κ2) is 4.26. The molecule has 1 N–H and O–H groups in total. The van der Waals surface area contributed by atoms with Gasteiger partial charge in [-0.1, -0.05) is 18.2 Å². The van der Waals surface area contributed by atoms with Crippen LogP contribution in [0.4, 0.5) is 0 Å². The van der Waals surface area contributed by atoms with E-state index >= 15 is 0 Å². The van der Waals surface area contributed by atoms with Crippen molar-refractivity contribution in [3.05, 3.63) is 52.1 Å². The second-order valence-corrected chi connectivity index (χ2v) is 4.52. The van der Waals surface area contributed by atoms with E-state index in [0.717, 1.165) is 4.77 Å². The van der Waals surface area contributed by atoms with Crippen molar-refractivity contribution >= 4 is 12.2 Å². The minimum absolute atomic E-state index is 0.277. The van der Waals surface area contributed by atoms with Gasteiger partial charge in [0.25, 0.3) is 0 Å². The molecule has 0 aliphatic rings. The van der Waals surface area contributed by atoms with E-state index in [1.165, 1.54) is 16.7 Å². The zero-order chi connectivity index (χ0) is 11.7. The first-order valence-electron chi connectivity index (χ1n) is 5.43. The van der Waals surface area contributed by atoms with Crippen molar-refractivity contribution in [2.24, 2.45) is 0 Å². The Bertz CT molecular complexity index is 551. The molecule has 3 heteroatoms. The van der Waals surface area contributed by atoms with E-state index < -0.39 is 0 Å². The van der Waals surface area contributed by atoms with Gasteiger partial charge in [-0.15, -0.1) is 0 Å². The molecule has 1 unspecified atom stereocenters. The van der Waals surface area contributed by atoms with Gasteiger partial charge in [-0.25, -0.2) is 0 Å². The van der Waals surface area contributed by atoms with Crippen LogP contribution < -0.4 is 0 Å². The molecule has 0 saturated carbocycles. The maximum atomic E-state index is 5.25. The molecule has 0 aliphatic heterocycles. The number of rotatable bonds is 2. The first-order chi connectivity index (χ1) is 7.61. The van der Waals surface area contributed by atoms with Gasteiger partial charge < -0.3 is 9.55 Å². The number of hydrogen-bond donors (Lipinski definition) is 1. The average molecular weight is 232 g/mol. The Hall–Kier alpha value is -1.35. The van der Waals surface area contributed by atoms with Crippen molar-refractivity contribution in [2.45, 2.75) is 26.8 Å². The molecule has 0 radical (unpaired) electrons.